The number of thioether (sulfide) groups is 1. The van der Waals surface area contributed by atoms with Gasteiger partial charge in [-0.2, -0.15) is 0 Å². The van der Waals surface area contributed by atoms with E-state index in [1.54, 1.807) is 11.8 Å². The smallest absolute Gasteiger partial charge is 0.306 e. The molecule has 0 saturated carbocycles. The summed E-state index contributed by atoms with van der Waals surface area (Å²) >= 11 is 1.56. The summed E-state index contributed by atoms with van der Waals surface area (Å²) in [6.07, 6.45) is 0.385. The van der Waals surface area contributed by atoms with Crippen molar-refractivity contribution >= 4 is 23.5 Å². The van der Waals surface area contributed by atoms with Crippen molar-refractivity contribution in [3.8, 4) is 0 Å². The number of hydrogen-bond donors (Lipinski definition) is 1. The van der Waals surface area contributed by atoms with Gasteiger partial charge in [0.15, 0.2) is 0 Å². The Morgan fingerprint density at radius 3 is 2.63 bits per heavy atom. The van der Waals surface area contributed by atoms with E-state index in [9.17, 15) is 4.79 Å². The zero-order valence-corrected chi connectivity index (χ0v) is 12.9. The summed E-state index contributed by atoms with van der Waals surface area (Å²) < 4.78 is 4.63. The number of anilines is 1. The van der Waals surface area contributed by atoms with Crippen molar-refractivity contribution in [2.45, 2.75) is 38.1 Å². The maximum atomic E-state index is 11.1. The van der Waals surface area contributed by atoms with Crippen LogP contribution < -0.4 is 5.32 Å². The van der Waals surface area contributed by atoms with Crippen molar-refractivity contribution in [2.75, 3.05) is 25.2 Å². The van der Waals surface area contributed by atoms with E-state index in [0.717, 1.165) is 22.2 Å². The first-order chi connectivity index (χ1) is 8.99. The maximum absolute atomic E-state index is 11.1. The molecule has 0 fully saturated rings. The average Bonchev–Trinajstić information content (AvgIpc) is 2.40. The molecule has 19 heavy (non-hydrogen) atoms. The van der Waals surface area contributed by atoms with Crippen LogP contribution in [0.2, 0.25) is 0 Å². The number of nitrogens with one attached hydrogen (secondary N) is 1. The van der Waals surface area contributed by atoms with Crippen molar-refractivity contribution in [2.24, 2.45) is 0 Å². The quantitative estimate of drug-likeness (QED) is 0.492. The van der Waals surface area contributed by atoms with Crippen molar-refractivity contribution in [3.05, 3.63) is 11.4 Å². The molecule has 1 N–H and O–H groups in total. The monoisotopic (exact) mass is 283 g/mol. The van der Waals surface area contributed by atoms with Gasteiger partial charge in [-0.15, -0.1) is 11.8 Å². The Morgan fingerprint density at radius 1 is 1.42 bits per heavy atom. The van der Waals surface area contributed by atoms with Crippen molar-refractivity contribution < 1.29 is 9.53 Å². The molecule has 0 amide bonds. The van der Waals surface area contributed by atoms with Crippen LogP contribution in [0.25, 0.3) is 0 Å². The van der Waals surface area contributed by atoms with E-state index in [0.29, 0.717) is 12.2 Å². The molecule has 1 aromatic rings. The summed E-state index contributed by atoms with van der Waals surface area (Å²) in [5, 5.41) is 4.01. The number of rotatable bonds is 6. The minimum Gasteiger partial charge on any atom is -0.469 e. The molecule has 0 saturated heterocycles. The van der Waals surface area contributed by atoms with Gasteiger partial charge in [0, 0.05) is 24.3 Å². The fourth-order valence-electron chi connectivity index (χ4n) is 1.49. The average molecular weight is 283 g/mol. The van der Waals surface area contributed by atoms with Gasteiger partial charge < -0.3 is 10.1 Å². The minimum absolute atomic E-state index is 0.197. The Labute approximate surface area is 118 Å². The Bertz CT molecular complexity index is 450. The van der Waals surface area contributed by atoms with Gasteiger partial charge in [0.05, 0.1) is 13.5 Å². The summed E-state index contributed by atoms with van der Waals surface area (Å²) in [4.78, 5) is 20.2. The highest BCUT2D eigenvalue weighted by Crippen LogP contribution is 2.27. The van der Waals surface area contributed by atoms with Crippen LogP contribution in [0.5, 0.6) is 0 Å². The zero-order valence-electron chi connectivity index (χ0n) is 12.1. The molecule has 0 unspecified atom stereocenters. The normalized spacial score (nSPS) is 10.6. The number of nitrogens with zero attached hydrogens (tertiary/aromatic N) is 2. The van der Waals surface area contributed by atoms with Gasteiger partial charge in [0.25, 0.3) is 0 Å². The lowest BCUT2D eigenvalue weighted by Crippen LogP contribution is -2.07. The van der Waals surface area contributed by atoms with Crippen LogP contribution in [0.3, 0.4) is 0 Å². The highest BCUT2D eigenvalue weighted by atomic mass is 32.2. The third-order valence-corrected chi connectivity index (χ3v) is 3.72. The largest absolute Gasteiger partial charge is 0.469 e. The molecule has 1 aromatic heterocycles. The number of methoxy groups -OCH3 is 1. The molecule has 0 bridgehead atoms. The molecule has 1 rings (SSSR count). The first kappa shape index (κ1) is 15.8. The van der Waals surface area contributed by atoms with E-state index in [1.165, 1.54) is 7.11 Å². The van der Waals surface area contributed by atoms with Crippen LogP contribution >= 0.6 is 11.8 Å². The molecule has 106 valence electrons. The number of esters is 1. The fourth-order valence-corrected chi connectivity index (χ4v) is 2.42. The molecular weight excluding hydrogens is 262 g/mol. The predicted octanol–water partition coefficient (Wildman–Crippen LogP) is 2.61. The SMILES string of the molecule is CNc1nc(C(C)C)nc(SCCC(=O)OC)c1C. The van der Waals surface area contributed by atoms with Crippen molar-refractivity contribution in [1.29, 1.82) is 0 Å². The fraction of sp³-hybridized carbons (Fsp3) is 0.615. The molecule has 5 nitrogen and oxygen atoms in total. The molecule has 6 heteroatoms. The summed E-state index contributed by atoms with van der Waals surface area (Å²) in [6, 6.07) is 0. The van der Waals surface area contributed by atoms with Crippen molar-refractivity contribution in [1.82, 2.24) is 9.97 Å². The molecule has 0 radical (unpaired) electrons. The van der Waals surface area contributed by atoms with E-state index < -0.39 is 0 Å². The molecule has 1 heterocycles. The highest BCUT2D eigenvalue weighted by molar-refractivity contribution is 7.99. The molecule has 0 aliphatic heterocycles. The molecule has 0 aromatic carbocycles. The first-order valence-electron chi connectivity index (χ1n) is 6.25. The lowest BCUT2D eigenvalue weighted by molar-refractivity contribution is -0.140. The van der Waals surface area contributed by atoms with E-state index >= 15 is 0 Å². The van der Waals surface area contributed by atoms with E-state index in [1.807, 2.05) is 14.0 Å². The topological polar surface area (TPSA) is 64.1 Å². The second kappa shape index (κ2) is 7.33. The summed E-state index contributed by atoms with van der Waals surface area (Å²) in [5.74, 6) is 2.39. The van der Waals surface area contributed by atoms with Crippen molar-refractivity contribution in [3.63, 3.8) is 0 Å². The molecule has 0 spiro atoms. The standard InChI is InChI=1S/C13H21N3O2S/c1-8(2)11-15-12(14-4)9(3)13(16-11)19-7-6-10(17)18-5/h8H,6-7H2,1-5H3,(H,14,15,16). The number of aromatic nitrogens is 2. The number of carbonyl (C=O) groups excluding carboxylic acids is 1. The maximum Gasteiger partial charge on any atom is 0.306 e. The third kappa shape index (κ3) is 4.38. The van der Waals surface area contributed by atoms with E-state index in [4.69, 9.17) is 0 Å². The lowest BCUT2D eigenvalue weighted by atomic mass is 10.2. The van der Waals surface area contributed by atoms with Crippen LogP contribution in [0, 0.1) is 6.92 Å². The van der Waals surface area contributed by atoms with Crippen LogP contribution in [0.4, 0.5) is 5.82 Å². The van der Waals surface area contributed by atoms with Gasteiger partial charge in [-0.3, -0.25) is 4.79 Å². The number of ether oxygens (including phenoxy) is 1. The van der Waals surface area contributed by atoms with Gasteiger partial charge in [-0.05, 0) is 6.92 Å². The molecule has 0 aliphatic carbocycles. The van der Waals surface area contributed by atoms with Gasteiger partial charge in [-0.1, -0.05) is 13.8 Å². The number of carbonyl (C=O) groups is 1. The Hall–Kier alpha value is -1.30. The Balaban J connectivity index is 2.86. The second-order valence-corrected chi connectivity index (χ2v) is 5.52. The van der Waals surface area contributed by atoms with Gasteiger partial charge in [-0.25, -0.2) is 9.97 Å². The summed E-state index contributed by atoms with van der Waals surface area (Å²) in [5.41, 5.74) is 1.02. The van der Waals surface area contributed by atoms with Crippen LogP contribution in [0.15, 0.2) is 5.03 Å². The summed E-state index contributed by atoms with van der Waals surface area (Å²) in [6.45, 7) is 6.11. The first-order valence-corrected chi connectivity index (χ1v) is 7.24. The number of hydrogen-bond acceptors (Lipinski definition) is 6. The van der Waals surface area contributed by atoms with Gasteiger partial charge >= 0.3 is 5.97 Å². The lowest BCUT2D eigenvalue weighted by Gasteiger charge is -2.13. The minimum atomic E-state index is -0.197. The molecule has 0 atom stereocenters. The van der Waals surface area contributed by atoms with Crippen LogP contribution in [0.1, 0.15) is 37.6 Å². The zero-order chi connectivity index (χ0) is 14.4. The Kier molecular flexibility index (Phi) is 6.08. The summed E-state index contributed by atoms with van der Waals surface area (Å²) in [7, 11) is 3.25. The van der Waals surface area contributed by atoms with Crippen LogP contribution in [-0.4, -0.2) is 35.8 Å². The molecule has 0 aliphatic rings. The van der Waals surface area contributed by atoms with Gasteiger partial charge in [0.2, 0.25) is 0 Å². The Morgan fingerprint density at radius 2 is 2.11 bits per heavy atom. The third-order valence-electron chi connectivity index (χ3n) is 2.64. The highest BCUT2D eigenvalue weighted by Gasteiger charge is 2.13. The molecular formula is C13H21N3O2S. The van der Waals surface area contributed by atoms with Crippen LogP contribution in [-0.2, 0) is 9.53 Å². The van der Waals surface area contributed by atoms with E-state index in [-0.39, 0.29) is 11.9 Å². The predicted molar refractivity (Wildman–Crippen MR) is 77.8 cm³/mol. The second-order valence-electron chi connectivity index (χ2n) is 4.44. The van der Waals surface area contributed by atoms with E-state index in [2.05, 4.69) is 33.9 Å². The van der Waals surface area contributed by atoms with Gasteiger partial charge in [0.1, 0.15) is 16.7 Å².